The van der Waals surface area contributed by atoms with Gasteiger partial charge in [0.1, 0.15) is 19.0 Å². The highest BCUT2D eigenvalue weighted by molar-refractivity contribution is 6.06. The number of cyclic esters (lactones) is 1. The molecule has 7 heteroatoms. The molecule has 0 radical (unpaired) electrons. The van der Waals surface area contributed by atoms with E-state index in [1.807, 2.05) is 37.3 Å². The summed E-state index contributed by atoms with van der Waals surface area (Å²) in [4.78, 5) is 27.6. The first-order chi connectivity index (χ1) is 16.9. The lowest BCUT2D eigenvalue weighted by molar-refractivity contribution is -0.136. The molecule has 2 heterocycles. The number of benzene rings is 3. The molecule has 6 nitrogen and oxygen atoms in total. The Morgan fingerprint density at radius 1 is 1.00 bits per heavy atom. The van der Waals surface area contributed by atoms with Crippen LogP contribution >= 0.6 is 0 Å². The molecule has 0 spiro atoms. The second-order valence-corrected chi connectivity index (χ2v) is 8.58. The van der Waals surface area contributed by atoms with Gasteiger partial charge in [0.25, 0.3) is 0 Å². The maximum absolute atomic E-state index is 13.3. The van der Waals surface area contributed by atoms with Crippen molar-refractivity contribution in [3.63, 3.8) is 0 Å². The van der Waals surface area contributed by atoms with Crippen LogP contribution in [0.25, 0.3) is 0 Å². The molecule has 1 unspecified atom stereocenters. The molecule has 0 saturated carbocycles. The molecular weight excluding hydrogens is 449 g/mol. The van der Waals surface area contributed by atoms with E-state index in [0.717, 1.165) is 16.7 Å². The monoisotopic (exact) mass is 473 g/mol. The first-order valence-corrected chi connectivity index (χ1v) is 11.3. The van der Waals surface area contributed by atoms with Gasteiger partial charge in [-0.3, -0.25) is 9.69 Å². The lowest BCUT2D eigenvalue weighted by Gasteiger charge is -2.32. The summed E-state index contributed by atoms with van der Waals surface area (Å²) >= 11 is 0. The lowest BCUT2D eigenvalue weighted by Crippen LogP contribution is -2.37. The summed E-state index contributed by atoms with van der Waals surface area (Å²) in [5.74, 6) is -0.289. The van der Waals surface area contributed by atoms with Gasteiger partial charge in [-0.2, -0.15) is 0 Å². The molecule has 0 aliphatic carbocycles. The number of ether oxygens (including phenoxy) is 3. The van der Waals surface area contributed by atoms with E-state index in [2.05, 4.69) is 0 Å². The van der Waals surface area contributed by atoms with Crippen molar-refractivity contribution in [3.05, 3.63) is 101 Å². The smallest absolute Gasteiger partial charge is 0.336 e. The van der Waals surface area contributed by atoms with E-state index in [4.69, 9.17) is 14.2 Å². The van der Waals surface area contributed by atoms with Gasteiger partial charge in [0.2, 0.25) is 5.91 Å². The van der Waals surface area contributed by atoms with E-state index in [1.54, 1.807) is 29.2 Å². The maximum Gasteiger partial charge on any atom is 0.336 e. The minimum atomic E-state index is -0.450. The molecule has 1 amide bonds. The summed E-state index contributed by atoms with van der Waals surface area (Å²) in [5.41, 5.74) is 4.45. The Morgan fingerprint density at radius 2 is 1.74 bits per heavy atom. The Balaban J connectivity index is 1.45. The average molecular weight is 474 g/mol. The third kappa shape index (κ3) is 4.37. The number of amides is 1. The summed E-state index contributed by atoms with van der Waals surface area (Å²) in [6.45, 7) is 2.27. The second-order valence-electron chi connectivity index (χ2n) is 8.58. The van der Waals surface area contributed by atoms with Crippen LogP contribution < -0.4 is 14.4 Å². The van der Waals surface area contributed by atoms with E-state index in [-0.39, 0.29) is 31.4 Å². The lowest BCUT2D eigenvalue weighted by atomic mass is 9.84. The van der Waals surface area contributed by atoms with Crippen LogP contribution in [-0.2, 0) is 20.9 Å². The van der Waals surface area contributed by atoms with Gasteiger partial charge in [-0.1, -0.05) is 35.9 Å². The van der Waals surface area contributed by atoms with Gasteiger partial charge >= 0.3 is 5.97 Å². The number of hydrogen-bond donors (Lipinski definition) is 0. The zero-order valence-electron chi connectivity index (χ0n) is 19.4. The maximum atomic E-state index is 13.3. The van der Waals surface area contributed by atoms with Crippen molar-refractivity contribution in [2.24, 2.45) is 0 Å². The number of esters is 1. The van der Waals surface area contributed by atoms with Crippen LogP contribution in [0.15, 0.2) is 78.0 Å². The molecular formula is C28H24FNO5. The number of rotatable bonds is 6. The largest absolute Gasteiger partial charge is 0.493 e. The minimum absolute atomic E-state index is 0.0558. The molecule has 2 aliphatic rings. The first-order valence-electron chi connectivity index (χ1n) is 11.3. The molecule has 178 valence electrons. The molecule has 35 heavy (non-hydrogen) atoms. The Kier molecular flexibility index (Phi) is 5.99. The molecule has 0 bridgehead atoms. The van der Waals surface area contributed by atoms with E-state index < -0.39 is 11.9 Å². The number of aryl methyl sites for hydroxylation is 1. The van der Waals surface area contributed by atoms with Gasteiger partial charge in [-0.15, -0.1) is 0 Å². The highest BCUT2D eigenvalue weighted by Crippen LogP contribution is 2.43. The van der Waals surface area contributed by atoms with Gasteiger partial charge in [0, 0.05) is 18.0 Å². The molecule has 0 N–H and O–H groups in total. The summed E-state index contributed by atoms with van der Waals surface area (Å²) in [6, 6.07) is 19.1. The number of carbonyl (C=O) groups excluding carboxylic acids is 2. The van der Waals surface area contributed by atoms with Crippen molar-refractivity contribution in [3.8, 4) is 11.5 Å². The molecule has 3 aromatic carbocycles. The van der Waals surface area contributed by atoms with Crippen molar-refractivity contribution in [2.45, 2.75) is 25.9 Å². The molecule has 5 rings (SSSR count). The molecule has 1 atom stereocenters. The van der Waals surface area contributed by atoms with Gasteiger partial charge < -0.3 is 14.2 Å². The minimum Gasteiger partial charge on any atom is -0.493 e. The van der Waals surface area contributed by atoms with Crippen molar-refractivity contribution in [1.82, 2.24) is 0 Å². The van der Waals surface area contributed by atoms with E-state index in [0.29, 0.717) is 28.5 Å². The SMILES string of the molecule is COc1cc(C2CC(=O)N(c3ccc(C)cc3)C3=C2C(=O)OC3)ccc1OCc1ccc(F)cc1. The van der Waals surface area contributed by atoms with E-state index in [9.17, 15) is 14.0 Å². The topological polar surface area (TPSA) is 65.1 Å². The predicted molar refractivity (Wildman–Crippen MR) is 128 cm³/mol. The van der Waals surface area contributed by atoms with Crippen molar-refractivity contribution in [2.75, 3.05) is 18.6 Å². The molecule has 0 saturated heterocycles. The quantitative estimate of drug-likeness (QED) is 0.469. The molecule has 0 fully saturated rings. The fraction of sp³-hybridized carbons (Fsp3) is 0.214. The number of methoxy groups -OCH3 is 1. The summed E-state index contributed by atoms with van der Waals surface area (Å²) in [5, 5.41) is 0. The van der Waals surface area contributed by atoms with Crippen molar-refractivity contribution >= 4 is 17.6 Å². The Labute approximate surface area is 202 Å². The standard InChI is InChI=1S/C28H24FNO5/c1-17-3-10-21(11-4-17)30-23-16-35-28(32)27(23)22(14-26(30)31)19-7-12-24(25(13-19)33-2)34-15-18-5-8-20(29)9-6-18/h3-13,22H,14-16H2,1-2H3. The normalized spacial score (nSPS) is 17.3. The Hall–Kier alpha value is -4.13. The third-order valence-electron chi connectivity index (χ3n) is 6.31. The van der Waals surface area contributed by atoms with E-state index in [1.165, 1.54) is 19.2 Å². The average Bonchev–Trinajstić information content (AvgIpc) is 3.25. The number of hydrogen-bond acceptors (Lipinski definition) is 5. The van der Waals surface area contributed by atoms with Crippen molar-refractivity contribution < 1.29 is 28.2 Å². The number of anilines is 1. The molecule has 2 aliphatic heterocycles. The first kappa shape index (κ1) is 22.7. The fourth-order valence-corrected chi connectivity index (χ4v) is 4.49. The van der Waals surface area contributed by atoms with Crippen LogP contribution in [0.1, 0.15) is 29.0 Å². The number of halogens is 1. The van der Waals surface area contributed by atoms with Gasteiger partial charge in [0.05, 0.1) is 18.4 Å². The van der Waals surface area contributed by atoms with Crippen LogP contribution in [0.5, 0.6) is 11.5 Å². The van der Waals surface area contributed by atoms with Crippen molar-refractivity contribution in [1.29, 1.82) is 0 Å². The summed E-state index contributed by atoms with van der Waals surface area (Å²) in [6.07, 6.45) is 0.126. The molecule has 3 aromatic rings. The highest BCUT2D eigenvalue weighted by atomic mass is 19.1. The Morgan fingerprint density at radius 3 is 2.46 bits per heavy atom. The number of carbonyl (C=O) groups is 2. The van der Waals surface area contributed by atoms with Crippen LogP contribution in [0.2, 0.25) is 0 Å². The highest BCUT2D eigenvalue weighted by Gasteiger charge is 2.43. The third-order valence-corrected chi connectivity index (χ3v) is 6.31. The van der Waals surface area contributed by atoms with Crippen LogP contribution in [-0.4, -0.2) is 25.6 Å². The summed E-state index contributed by atoms with van der Waals surface area (Å²) < 4.78 is 29.9. The van der Waals surface area contributed by atoms with Gasteiger partial charge in [-0.25, -0.2) is 9.18 Å². The van der Waals surface area contributed by atoms with E-state index >= 15 is 0 Å². The Bertz CT molecular complexity index is 1310. The van der Waals surface area contributed by atoms with Crippen LogP contribution in [0.4, 0.5) is 10.1 Å². The number of nitrogens with zero attached hydrogens (tertiary/aromatic N) is 1. The van der Waals surface area contributed by atoms with Gasteiger partial charge in [0.15, 0.2) is 11.5 Å². The van der Waals surface area contributed by atoms with Gasteiger partial charge in [-0.05, 0) is 54.4 Å². The van der Waals surface area contributed by atoms with Crippen LogP contribution in [0, 0.1) is 12.7 Å². The molecule has 0 aromatic heterocycles. The predicted octanol–water partition coefficient (Wildman–Crippen LogP) is 5.05. The summed E-state index contributed by atoms with van der Waals surface area (Å²) in [7, 11) is 1.53. The second kappa shape index (κ2) is 9.25. The zero-order valence-corrected chi connectivity index (χ0v) is 19.4. The van der Waals surface area contributed by atoms with Crippen LogP contribution in [0.3, 0.4) is 0 Å². The fourth-order valence-electron chi connectivity index (χ4n) is 4.49. The zero-order chi connectivity index (χ0) is 24.5.